The highest BCUT2D eigenvalue weighted by atomic mass is 16.5. The Balaban J connectivity index is 2.47. The van der Waals surface area contributed by atoms with Gasteiger partial charge in [-0.15, -0.1) is 0 Å². The van der Waals surface area contributed by atoms with Crippen molar-refractivity contribution in [3.63, 3.8) is 0 Å². The summed E-state index contributed by atoms with van der Waals surface area (Å²) in [6.07, 6.45) is 2.55. The van der Waals surface area contributed by atoms with E-state index >= 15 is 0 Å². The van der Waals surface area contributed by atoms with Crippen LogP contribution in [-0.4, -0.2) is 17.1 Å². The van der Waals surface area contributed by atoms with Gasteiger partial charge in [0.15, 0.2) is 5.82 Å². The molecular formula is C14H17N3O. The zero-order valence-corrected chi connectivity index (χ0v) is 10.9. The van der Waals surface area contributed by atoms with Crippen molar-refractivity contribution >= 4 is 5.69 Å². The number of aromatic nitrogens is 2. The van der Waals surface area contributed by atoms with Crippen molar-refractivity contribution in [1.29, 1.82) is 0 Å². The first-order valence-electron chi connectivity index (χ1n) is 5.92. The van der Waals surface area contributed by atoms with Crippen LogP contribution in [0.1, 0.15) is 18.2 Å². The lowest BCUT2D eigenvalue weighted by molar-refractivity contribution is 0.410. The highest BCUT2D eigenvalue weighted by Crippen LogP contribution is 2.25. The summed E-state index contributed by atoms with van der Waals surface area (Å²) in [6, 6.07) is 5.97. The molecule has 0 radical (unpaired) electrons. The fourth-order valence-electron chi connectivity index (χ4n) is 1.81. The number of nitrogen functional groups attached to an aromatic ring is 1. The molecule has 94 valence electrons. The van der Waals surface area contributed by atoms with Crippen molar-refractivity contribution in [3.05, 3.63) is 35.7 Å². The molecule has 0 aliphatic carbocycles. The Bertz CT molecular complexity index is 567. The Kier molecular flexibility index (Phi) is 3.46. The van der Waals surface area contributed by atoms with Gasteiger partial charge in [-0.05, 0) is 37.1 Å². The highest BCUT2D eigenvalue weighted by Gasteiger charge is 2.07. The van der Waals surface area contributed by atoms with Gasteiger partial charge in [0, 0.05) is 5.56 Å². The average molecular weight is 243 g/mol. The van der Waals surface area contributed by atoms with Crippen LogP contribution in [-0.2, 0) is 6.42 Å². The molecule has 4 heteroatoms. The Hall–Kier alpha value is -2.10. The van der Waals surface area contributed by atoms with E-state index in [1.165, 1.54) is 0 Å². The molecule has 2 N–H and O–H groups in total. The van der Waals surface area contributed by atoms with Gasteiger partial charge in [-0.25, -0.2) is 9.97 Å². The molecule has 0 spiro atoms. The molecule has 18 heavy (non-hydrogen) atoms. The minimum Gasteiger partial charge on any atom is -0.496 e. The van der Waals surface area contributed by atoms with Crippen LogP contribution in [0.2, 0.25) is 0 Å². The third kappa shape index (κ3) is 2.27. The smallest absolute Gasteiger partial charge is 0.159 e. The number of benzene rings is 1. The Labute approximate surface area is 107 Å². The molecule has 2 rings (SSSR count). The maximum absolute atomic E-state index is 5.72. The SMILES string of the molecule is CCc1cc(-c2ncc(N)c(C)n2)ccc1OC. The molecule has 0 atom stereocenters. The van der Waals surface area contributed by atoms with Gasteiger partial charge in [-0.3, -0.25) is 0 Å². The molecule has 0 aliphatic rings. The van der Waals surface area contributed by atoms with E-state index in [9.17, 15) is 0 Å². The lowest BCUT2D eigenvalue weighted by atomic mass is 10.1. The van der Waals surface area contributed by atoms with E-state index < -0.39 is 0 Å². The van der Waals surface area contributed by atoms with Crippen LogP contribution >= 0.6 is 0 Å². The number of hydrogen-bond donors (Lipinski definition) is 1. The number of nitrogens with zero attached hydrogens (tertiary/aromatic N) is 2. The quantitative estimate of drug-likeness (QED) is 0.900. The number of nitrogens with two attached hydrogens (primary N) is 1. The topological polar surface area (TPSA) is 61.0 Å². The van der Waals surface area contributed by atoms with Crippen molar-refractivity contribution in [2.75, 3.05) is 12.8 Å². The van der Waals surface area contributed by atoms with Crippen molar-refractivity contribution in [3.8, 4) is 17.1 Å². The molecule has 2 aromatic rings. The zero-order valence-electron chi connectivity index (χ0n) is 10.9. The summed E-state index contributed by atoms with van der Waals surface area (Å²) in [5, 5.41) is 0. The second-order valence-electron chi connectivity index (χ2n) is 4.11. The molecule has 1 heterocycles. The summed E-state index contributed by atoms with van der Waals surface area (Å²) < 4.78 is 5.31. The Morgan fingerprint density at radius 1 is 1.33 bits per heavy atom. The van der Waals surface area contributed by atoms with Crippen LogP contribution in [0.3, 0.4) is 0 Å². The molecule has 0 unspecified atom stereocenters. The van der Waals surface area contributed by atoms with Gasteiger partial charge in [-0.2, -0.15) is 0 Å². The third-order valence-corrected chi connectivity index (χ3v) is 2.94. The van der Waals surface area contributed by atoms with E-state index in [0.29, 0.717) is 11.5 Å². The van der Waals surface area contributed by atoms with Gasteiger partial charge in [0.05, 0.1) is 24.7 Å². The molecule has 0 saturated carbocycles. The van der Waals surface area contributed by atoms with E-state index in [4.69, 9.17) is 10.5 Å². The van der Waals surface area contributed by atoms with Crippen molar-refractivity contribution in [2.45, 2.75) is 20.3 Å². The molecule has 4 nitrogen and oxygen atoms in total. The van der Waals surface area contributed by atoms with E-state index in [-0.39, 0.29) is 0 Å². The largest absolute Gasteiger partial charge is 0.496 e. The standard InChI is InChI=1S/C14H17N3O/c1-4-10-7-11(5-6-13(10)18-3)14-16-8-12(15)9(2)17-14/h5-8H,4,15H2,1-3H3. The van der Waals surface area contributed by atoms with E-state index in [1.54, 1.807) is 13.3 Å². The molecule has 1 aromatic carbocycles. The summed E-state index contributed by atoms with van der Waals surface area (Å²) in [7, 11) is 1.68. The lowest BCUT2D eigenvalue weighted by Crippen LogP contribution is -1.98. The number of aryl methyl sites for hydroxylation is 2. The van der Waals surface area contributed by atoms with E-state index in [0.717, 1.165) is 29.0 Å². The summed E-state index contributed by atoms with van der Waals surface area (Å²) in [4.78, 5) is 8.66. The molecule has 0 amide bonds. The summed E-state index contributed by atoms with van der Waals surface area (Å²) in [5.74, 6) is 1.59. The zero-order chi connectivity index (χ0) is 13.1. The monoisotopic (exact) mass is 243 g/mol. The first kappa shape index (κ1) is 12.4. The number of anilines is 1. The van der Waals surface area contributed by atoms with Gasteiger partial charge in [0.1, 0.15) is 5.75 Å². The predicted octanol–water partition coefficient (Wildman–Crippen LogP) is 2.61. The normalized spacial score (nSPS) is 10.4. The first-order valence-corrected chi connectivity index (χ1v) is 5.92. The first-order chi connectivity index (χ1) is 8.65. The molecule has 1 aromatic heterocycles. The van der Waals surface area contributed by atoms with Crippen LogP contribution in [0, 0.1) is 6.92 Å². The Morgan fingerprint density at radius 3 is 2.72 bits per heavy atom. The second-order valence-corrected chi connectivity index (χ2v) is 4.11. The number of methoxy groups -OCH3 is 1. The predicted molar refractivity (Wildman–Crippen MR) is 72.5 cm³/mol. The van der Waals surface area contributed by atoms with Crippen LogP contribution < -0.4 is 10.5 Å². The summed E-state index contributed by atoms with van der Waals surface area (Å²) >= 11 is 0. The number of hydrogen-bond acceptors (Lipinski definition) is 4. The van der Waals surface area contributed by atoms with Crippen molar-refractivity contribution in [1.82, 2.24) is 9.97 Å². The van der Waals surface area contributed by atoms with Gasteiger partial charge < -0.3 is 10.5 Å². The molecule has 0 aliphatic heterocycles. The van der Waals surface area contributed by atoms with Crippen molar-refractivity contribution in [2.24, 2.45) is 0 Å². The molecule has 0 bridgehead atoms. The average Bonchev–Trinajstić information content (AvgIpc) is 2.41. The number of ether oxygens (including phenoxy) is 1. The van der Waals surface area contributed by atoms with Gasteiger partial charge in [0.2, 0.25) is 0 Å². The summed E-state index contributed by atoms with van der Waals surface area (Å²) in [5.41, 5.74) is 9.27. The second kappa shape index (κ2) is 5.04. The molecule has 0 fully saturated rings. The fourth-order valence-corrected chi connectivity index (χ4v) is 1.81. The molecule has 0 saturated heterocycles. The maximum atomic E-state index is 5.72. The van der Waals surface area contributed by atoms with Gasteiger partial charge in [0.25, 0.3) is 0 Å². The third-order valence-electron chi connectivity index (χ3n) is 2.94. The van der Waals surface area contributed by atoms with Crippen LogP contribution in [0.4, 0.5) is 5.69 Å². The van der Waals surface area contributed by atoms with E-state index in [2.05, 4.69) is 23.0 Å². The van der Waals surface area contributed by atoms with Gasteiger partial charge >= 0.3 is 0 Å². The number of rotatable bonds is 3. The fraction of sp³-hybridized carbons (Fsp3) is 0.286. The summed E-state index contributed by atoms with van der Waals surface area (Å²) in [6.45, 7) is 3.97. The molecular weight excluding hydrogens is 226 g/mol. The minimum absolute atomic E-state index is 0.614. The maximum Gasteiger partial charge on any atom is 0.159 e. The van der Waals surface area contributed by atoms with E-state index in [1.807, 2.05) is 19.1 Å². The van der Waals surface area contributed by atoms with Crippen LogP contribution in [0.25, 0.3) is 11.4 Å². The van der Waals surface area contributed by atoms with Crippen LogP contribution in [0.15, 0.2) is 24.4 Å². The lowest BCUT2D eigenvalue weighted by Gasteiger charge is -2.09. The van der Waals surface area contributed by atoms with Crippen molar-refractivity contribution < 1.29 is 4.74 Å². The Morgan fingerprint density at radius 2 is 2.11 bits per heavy atom. The van der Waals surface area contributed by atoms with Gasteiger partial charge in [-0.1, -0.05) is 6.92 Å². The highest BCUT2D eigenvalue weighted by molar-refractivity contribution is 5.60. The minimum atomic E-state index is 0.614. The van der Waals surface area contributed by atoms with Crippen LogP contribution in [0.5, 0.6) is 5.75 Å².